The van der Waals surface area contributed by atoms with Crippen LogP contribution < -0.4 is 5.32 Å². The number of carbonyl (C=O) groups excluding carboxylic acids is 1. The normalized spacial score (nSPS) is 20.7. The van der Waals surface area contributed by atoms with E-state index >= 15 is 0 Å². The van der Waals surface area contributed by atoms with Gasteiger partial charge in [0.1, 0.15) is 12.7 Å². The summed E-state index contributed by atoms with van der Waals surface area (Å²) in [5.74, 6) is 1.58. The van der Waals surface area contributed by atoms with Crippen LogP contribution in [-0.2, 0) is 0 Å². The van der Waals surface area contributed by atoms with Crippen molar-refractivity contribution in [1.82, 2.24) is 25.1 Å². The Morgan fingerprint density at radius 1 is 1.00 bits per heavy atom. The lowest BCUT2D eigenvalue weighted by Crippen LogP contribution is -2.39. The van der Waals surface area contributed by atoms with Gasteiger partial charge in [-0.05, 0) is 46.7 Å². The molecule has 2 aromatic heterocycles. The molecule has 4 aromatic rings. The standard InChI is InChI=1S/C25H21N5O/c31-25(16-9-10-27-23(12-16)30-15-26-14-29-30)28-13-17-11-22-18-5-1-3-7-20(18)24(17)21-8-4-2-6-19(21)22/h1-10,12,14-15,17,22,24H,11,13H2,(H,28,31). The molecule has 152 valence electrons. The van der Waals surface area contributed by atoms with Crippen molar-refractivity contribution in [3.63, 3.8) is 0 Å². The van der Waals surface area contributed by atoms with E-state index in [-0.39, 0.29) is 5.91 Å². The van der Waals surface area contributed by atoms with Crippen LogP contribution in [-0.4, -0.2) is 32.2 Å². The second-order valence-corrected chi connectivity index (χ2v) is 8.24. The molecule has 1 amide bonds. The van der Waals surface area contributed by atoms with Gasteiger partial charge in [-0.1, -0.05) is 48.5 Å². The first-order valence-electron chi connectivity index (χ1n) is 10.6. The fourth-order valence-electron chi connectivity index (χ4n) is 5.30. The van der Waals surface area contributed by atoms with Crippen LogP contribution in [0.15, 0.2) is 79.5 Å². The third kappa shape index (κ3) is 2.94. The maximum absolute atomic E-state index is 12.9. The molecule has 2 bridgehead atoms. The maximum atomic E-state index is 12.9. The van der Waals surface area contributed by atoms with Gasteiger partial charge in [-0.2, -0.15) is 5.10 Å². The number of aromatic nitrogens is 4. The van der Waals surface area contributed by atoms with Crippen LogP contribution in [0.5, 0.6) is 0 Å². The number of nitrogens with zero attached hydrogens (tertiary/aromatic N) is 4. The second-order valence-electron chi connectivity index (χ2n) is 8.24. The molecule has 31 heavy (non-hydrogen) atoms. The van der Waals surface area contributed by atoms with Gasteiger partial charge in [-0.15, -0.1) is 0 Å². The molecule has 1 unspecified atom stereocenters. The number of hydrogen-bond donors (Lipinski definition) is 1. The molecule has 2 aromatic carbocycles. The Balaban J connectivity index is 1.25. The topological polar surface area (TPSA) is 72.7 Å². The Labute approximate surface area is 180 Å². The summed E-state index contributed by atoms with van der Waals surface area (Å²) in [7, 11) is 0. The van der Waals surface area contributed by atoms with Gasteiger partial charge in [0.05, 0.1) is 0 Å². The predicted molar refractivity (Wildman–Crippen MR) is 116 cm³/mol. The van der Waals surface area contributed by atoms with Gasteiger partial charge in [0.25, 0.3) is 5.91 Å². The third-order valence-corrected chi connectivity index (χ3v) is 6.61. The van der Waals surface area contributed by atoms with Crippen molar-refractivity contribution in [3.05, 3.63) is 107 Å². The first kappa shape index (κ1) is 18.0. The monoisotopic (exact) mass is 407 g/mol. The lowest BCUT2D eigenvalue weighted by molar-refractivity contribution is 0.0942. The lowest BCUT2D eigenvalue weighted by atomic mass is 9.59. The smallest absolute Gasteiger partial charge is 0.251 e. The molecular weight excluding hydrogens is 386 g/mol. The molecule has 0 aliphatic heterocycles. The summed E-state index contributed by atoms with van der Waals surface area (Å²) in [6.45, 7) is 0.643. The number of pyridine rings is 1. The minimum atomic E-state index is -0.0909. The first-order chi connectivity index (χ1) is 15.3. The zero-order valence-corrected chi connectivity index (χ0v) is 16.8. The molecule has 6 nitrogen and oxygen atoms in total. The molecule has 0 saturated carbocycles. The fraction of sp³-hybridized carbons (Fsp3) is 0.200. The summed E-state index contributed by atoms with van der Waals surface area (Å²) in [4.78, 5) is 21.1. The van der Waals surface area contributed by atoms with Crippen LogP contribution in [0, 0.1) is 5.92 Å². The summed E-state index contributed by atoms with van der Waals surface area (Å²) >= 11 is 0. The van der Waals surface area contributed by atoms with Crippen LogP contribution in [0.3, 0.4) is 0 Å². The SMILES string of the molecule is O=C(NCC1CC2c3ccccc3C1c1ccccc12)c1ccnc(-n2cncn2)c1. The second kappa shape index (κ2) is 7.16. The number of carbonyl (C=O) groups is 1. The minimum absolute atomic E-state index is 0.0909. The average Bonchev–Trinajstić information content (AvgIpc) is 3.38. The summed E-state index contributed by atoms with van der Waals surface area (Å²) in [6, 6.07) is 21.0. The quantitative estimate of drug-likeness (QED) is 0.560. The van der Waals surface area contributed by atoms with Crippen molar-refractivity contribution >= 4 is 5.91 Å². The Morgan fingerprint density at radius 2 is 1.71 bits per heavy atom. The Hall–Kier alpha value is -3.80. The van der Waals surface area contributed by atoms with Crippen molar-refractivity contribution < 1.29 is 4.79 Å². The minimum Gasteiger partial charge on any atom is -0.352 e. The molecule has 6 heteroatoms. The first-order valence-corrected chi connectivity index (χ1v) is 10.6. The van der Waals surface area contributed by atoms with Gasteiger partial charge in [0.2, 0.25) is 0 Å². The zero-order valence-electron chi connectivity index (χ0n) is 16.8. The van der Waals surface area contributed by atoms with Crippen LogP contribution in [0.25, 0.3) is 5.82 Å². The molecule has 1 atom stereocenters. The van der Waals surface area contributed by atoms with E-state index in [9.17, 15) is 4.79 Å². The van der Waals surface area contributed by atoms with Gasteiger partial charge in [0, 0.05) is 30.1 Å². The van der Waals surface area contributed by atoms with Crippen molar-refractivity contribution in [3.8, 4) is 5.82 Å². The third-order valence-electron chi connectivity index (χ3n) is 6.61. The number of fused-ring (bicyclic) bond motifs is 1. The van der Waals surface area contributed by atoms with Crippen LogP contribution in [0.4, 0.5) is 0 Å². The molecule has 0 saturated heterocycles. The highest BCUT2D eigenvalue weighted by molar-refractivity contribution is 5.94. The summed E-state index contributed by atoms with van der Waals surface area (Å²) in [5, 5.41) is 7.26. The number of hydrogen-bond acceptors (Lipinski definition) is 4. The van der Waals surface area contributed by atoms with E-state index in [0.29, 0.717) is 35.7 Å². The van der Waals surface area contributed by atoms with E-state index in [1.54, 1.807) is 29.3 Å². The summed E-state index contributed by atoms with van der Waals surface area (Å²) < 4.78 is 1.55. The lowest BCUT2D eigenvalue weighted by Gasteiger charge is -2.45. The average molecular weight is 407 g/mol. The van der Waals surface area contributed by atoms with Gasteiger partial charge in [-0.25, -0.2) is 14.6 Å². The highest BCUT2D eigenvalue weighted by Gasteiger charge is 2.42. The molecule has 0 fully saturated rings. The highest BCUT2D eigenvalue weighted by atomic mass is 16.1. The number of amides is 1. The Kier molecular flexibility index (Phi) is 4.16. The molecule has 3 aliphatic carbocycles. The van der Waals surface area contributed by atoms with Crippen molar-refractivity contribution in [2.45, 2.75) is 18.3 Å². The van der Waals surface area contributed by atoms with Crippen LogP contribution in [0.2, 0.25) is 0 Å². The zero-order chi connectivity index (χ0) is 20.8. The van der Waals surface area contributed by atoms with Crippen molar-refractivity contribution in [2.75, 3.05) is 6.54 Å². The molecule has 3 aliphatic rings. The van der Waals surface area contributed by atoms with E-state index in [4.69, 9.17) is 0 Å². The van der Waals surface area contributed by atoms with Crippen LogP contribution >= 0.6 is 0 Å². The largest absolute Gasteiger partial charge is 0.352 e. The van der Waals surface area contributed by atoms with E-state index in [0.717, 1.165) is 6.42 Å². The van der Waals surface area contributed by atoms with E-state index in [2.05, 4.69) is 68.9 Å². The van der Waals surface area contributed by atoms with Gasteiger partial charge >= 0.3 is 0 Å². The summed E-state index contributed by atoms with van der Waals surface area (Å²) in [5.41, 5.74) is 6.28. The van der Waals surface area contributed by atoms with Gasteiger partial charge in [0.15, 0.2) is 5.82 Å². The van der Waals surface area contributed by atoms with E-state index < -0.39 is 0 Å². The molecule has 0 radical (unpaired) electrons. The molecule has 7 rings (SSSR count). The molecule has 0 spiro atoms. The predicted octanol–water partition coefficient (Wildman–Crippen LogP) is 3.69. The van der Waals surface area contributed by atoms with Gasteiger partial charge < -0.3 is 5.32 Å². The Morgan fingerprint density at radius 3 is 2.39 bits per heavy atom. The number of benzene rings is 2. The van der Waals surface area contributed by atoms with E-state index in [1.807, 2.05) is 0 Å². The maximum Gasteiger partial charge on any atom is 0.251 e. The number of nitrogens with one attached hydrogen (secondary N) is 1. The van der Waals surface area contributed by atoms with Crippen molar-refractivity contribution in [1.29, 1.82) is 0 Å². The molecule has 1 N–H and O–H groups in total. The Bertz CT molecular complexity index is 1220. The van der Waals surface area contributed by atoms with Crippen molar-refractivity contribution in [2.24, 2.45) is 5.92 Å². The van der Waals surface area contributed by atoms with E-state index in [1.165, 1.54) is 28.6 Å². The van der Waals surface area contributed by atoms with Gasteiger partial charge in [-0.3, -0.25) is 4.79 Å². The molecular formula is C25H21N5O. The van der Waals surface area contributed by atoms with Crippen LogP contribution in [0.1, 0.15) is 50.9 Å². The summed E-state index contributed by atoms with van der Waals surface area (Å²) in [6.07, 6.45) is 5.69. The highest BCUT2D eigenvalue weighted by Crippen LogP contribution is 2.55. The fourth-order valence-corrected chi connectivity index (χ4v) is 5.30. The number of rotatable bonds is 4. The molecule has 2 heterocycles.